The van der Waals surface area contributed by atoms with E-state index < -0.39 is 12.1 Å². The van der Waals surface area contributed by atoms with Crippen molar-refractivity contribution in [1.82, 2.24) is 15.1 Å². The SMILES string of the molecule is CCOC(=O)CCc1cnn(CC=C2CNCCC2SC(C)=O)c1.O=C(O)C(F)(F)F. The molecule has 1 atom stereocenters. The van der Waals surface area contributed by atoms with Crippen LogP contribution in [-0.2, 0) is 32.1 Å². The first-order valence-electron chi connectivity index (χ1n) is 9.56. The first-order chi connectivity index (χ1) is 14.5. The van der Waals surface area contributed by atoms with Gasteiger partial charge in [0.15, 0.2) is 5.12 Å². The summed E-state index contributed by atoms with van der Waals surface area (Å²) < 4.78 is 38.5. The number of hydrogen-bond donors (Lipinski definition) is 2. The van der Waals surface area contributed by atoms with Crippen LogP contribution in [0.5, 0.6) is 0 Å². The minimum Gasteiger partial charge on any atom is -0.475 e. The van der Waals surface area contributed by atoms with Crippen molar-refractivity contribution < 1.29 is 37.4 Å². The van der Waals surface area contributed by atoms with Crippen LogP contribution in [0.4, 0.5) is 13.2 Å². The zero-order chi connectivity index (χ0) is 23.4. The van der Waals surface area contributed by atoms with Crippen molar-refractivity contribution in [2.75, 3.05) is 19.7 Å². The molecule has 1 aliphatic heterocycles. The maximum Gasteiger partial charge on any atom is 0.490 e. The molecule has 31 heavy (non-hydrogen) atoms. The van der Waals surface area contributed by atoms with Crippen LogP contribution in [0.25, 0.3) is 0 Å². The van der Waals surface area contributed by atoms with Crippen LogP contribution >= 0.6 is 11.8 Å². The Morgan fingerprint density at radius 2 is 2.10 bits per heavy atom. The van der Waals surface area contributed by atoms with E-state index in [2.05, 4.69) is 16.5 Å². The second-order valence-corrected chi connectivity index (χ2v) is 7.90. The smallest absolute Gasteiger partial charge is 0.475 e. The lowest BCUT2D eigenvalue weighted by molar-refractivity contribution is -0.192. The Labute approximate surface area is 182 Å². The van der Waals surface area contributed by atoms with Crippen molar-refractivity contribution in [3.8, 4) is 0 Å². The van der Waals surface area contributed by atoms with Crippen molar-refractivity contribution in [2.24, 2.45) is 0 Å². The summed E-state index contributed by atoms with van der Waals surface area (Å²) in [6.07, 6.45) is 2.80. The molecule has 0 spiro atoms. The van der Waals surface area contributed by atoms with Crippen molar-refractivity contribution in [3.05, 3.63) is 29.6 Å². The number of halogens is 3. The number of thioether (sulfide) groups is 1. The zero-order valence-electron chi connectivity index (χ0n) is 17.3. The normalized spacial score (nSPS) is 17.6. The van der Waals surface area contributed by atoms with E-state index in [1.165, 1.54) is 17.3 Å². The summed E-state index contributed by atoms with van der Waals surface area (Å²) in [4.78, 5) is 31.6. The summed E-state index contributed by atoms with van der Waals surface area (Å²) in [5.41, 5.74) is 2.28. The van der Waals surface area contributed by atoms with Crippen molar-refractivity contribution in [1.29, 1.82) is 0 Å². The highest BCUT2D eigenvalue weighted by Gasteiger charge is 2.38. The van der Waals surface area contributed by atoms with E-state index >= 15 is 0 Å². The molecule has 8 nitrogen and oxygen atoms in total. The molecule has 0 amide bonds. The minimum absolute atomic E-state index is 0.160. The Kier molecular flexibility index (Phi) is 11.3. The van der Waals surface area contributed by atoms with Gasteiger partial charge in [-0.3, -0.25) is 14.3 Å². The number of carboxylic acid groups (broad SMARTS) is 1. The molecule has 2 N–H and O–H groups in total. The van der Waals surface area contributed by atoms with Gasteiger partial charge in [0.05, 0.1) is 19.3 Å². The second-order valence-electron chi connectivity index (χ2n) is 6.52. The number of aliphatic carboxylic acids is 1. The number of allylic oxidation sites excluding steroid dienone is 1. The van der Waals surface area contributed by atoms with Crippen molar-refractivity contribution in [3.63, 3.8) is 0 Å². The zero-order valence-corrected chi connectivity index (χ0v) is 18.1. The highest BCUT2D eigenvalue weighted by Crippen LogP contribution is 2.25. The topological polar surface area (TPSA) is 111 Å². The molecule has 2 rings (SSSR count). The highest BCUT2D eigenvalue weighted by molar-refractivity contribution is 8.14. The average Bonchev–Trinajstić information content (AvgIpc) is 3.13. The molecule has 0 aromatic carbocycles. The molecule has 1 saturated heterocycles. The molecule has 0 saturated carbocycles. The van der Waals surface area contributed by atoms with Gasteiger partial charge in [-0.05, 0) is 37.4 Å². The van der Waals surface area contributed by atoms with Gasteiger partial charge in [0.1, 0.15) is 0 Å². The molecule has 0 radical (unpaired) electrons. The van der Waals surface area contributed by atoms with Gasteiger partial charge in [-0.25, -0.2) is 4.79 Å². The number of ether oxygens (including phenoxy) is 1. The largest absolute Gasteiger partial charge is 0.490 e. The molecular formula is C19H26F3N3O5S. The van der Waals surface area contributed by atoms with Crippen molar-refractivity contribution in [2.45, 2.75) is 51.1 Å². The van der Waals surface area contributed by atoms with E-state index in [0.29, 0.717) is 26.0 Å². The van der Waals surface area contributed by atoms with Crippen LogP contribution in [0.3, 0.4) is 0 Å². The predicted molar refractivity (Wildman–Crippen MR) is 109 cm³/mol. The van der Waals surface area contributed by atoms with E-state index in [0.717, 1.165) is 25.1 Å². The quantitative estimate of drug-likeness (QED) is 0.467. The Balaban J connectivity index is 0.000000592. The average molecular weight is 465 g/mol. The Morgan fingerprint density at radius 3 is 2.68 bits per heavy atom. The maximum absolute atomic E-state index is 11.4. The Hall–Kier alpha value is -2.34. The van der Waals surface area contributed by atoms with E-state index in [1.807, 2.05) is 10.9 Å². The lowest BCUT2D eigenvalue weighted by Gasteiger charge is -2.25. The van der Waals surface area contributed by atoms with Crippen LogP contribution in [0.15, 0.2) is 24.0 Å². The fraction of sp³-hybridized carbons (Fsp3) is 0.579. The number of rotatable bonds is 7. The molecule has 0 aliphatic carbocycles. The number of carbonyl (C=O) groups excluding carboxylic acids is 2. The molecule has 1 unspecified atom stereocenters. The van der Waals surface area contributed by atoms with Gasteiger partial charge in [0.2, 0.25) is 0 Å². The summed E-state index contributed by atoms with van der Waals surface area (Å²) in [6.45, 7) is 6.28. The van der Waals surface area contributed by atoms with Crippen LogP contribution in [0.1, 0.15) is 32.3 Å². The molecule has 1 aromatic rings. The first-order valence-corrected chi connectivity index (χ1v) is 10.4. The molecule has 0 bridgehead atoms. The van der Waals surface area contributed by atoms with Crippen LogP contribution < -0.4 is 5.32 Å². The molecule has 174 valence electrons. The third-order valence-corrected chi connectivity index (χ3v) is 5.18. The number of hydrogen-bond acceptors (Lipinski definition) is 7. The van der Waals surface area contributed by atoms with Gasteiger partial charge in [0.25, 0.3) is 0 Å². The second kappa shape index (κ2) is 13.2. The van der Waals surface area contributed by atoms with E-state index in [9.17, 15) is 22.8 Å². The van der Waals surface area contributed by atoms with Gasteiger partial charge in [-0.15, -0.1) is 0 Å². The monoisotopic (exact) mass is 465 g/mol. The predicted octanol–water partition coefficient (Wildman–Crippen LogP) is 2.58. The standard InChI is InChI=1S/C17H25N3O3S.C2HF3O2/c1-3-23-17(22)5-4-14-10-19-20(12-14)9-7-15-11-18-8-6-16(15)24-13(2)21;3-2(4,5)1(6)7/h7,10,12,16,18H,3-6,8-9,11H2,1-2H3;(H,6,7). The molecule has 12 heteroatoms. The fourth-order valence-electron chi connectivity index (χ4n) is 2.63. The van der Waals surface area contributed by atoms with Crippen molar-refractivity contribution >= 4 is 28.8 Å². The molecule has 1 aromatic heterocycles. The molecule has 1 aliphatic rings. The van der Waals surface area contributed by atoms with Crippen LogP contribution in [0.2, 0.25) is 0 Å². The number of carboxylic acids is 1. The number of aryl methyl sites for hydroxylation is 1. The highest BCUT2D eigenvalue weighted by atomic mass is 32.2. The summed E-state index contributed by atoms with van der Waals surface area (Å²) in [6, 6.07) is 0. The van der Waals surface area contributed by atoms with Gasteiger partial charge in [0, 0.05) is 31.3 Å². The lowest BCUT2D eigenvalue weighted by atomic mass is 10.1. The number of piperidine rings is 1. The molecular weight excluding hydrogens is 439 g/mol. The summed E-state index contributed by atoms with van der Waals surface area (Å²) in [5, 5.41) is 15.2. The van der Waals surface area contributed by atoms with Gasteiger partial charge < -0.3 is 15.2 Å². The third-order valence-electron chi connectivity index (χ3n) is 4.03. The van der Waals surface area contributed by atoms with Crippen LogP contribution in [0, 0.1) is 0 Å². The van der Waals surface area contributed by atoms with Gasteiger partial charge >= 0.3 is 18.1 Å². The maximum atomic E-state index is 11.4. The summed E-state index contributed by atoms with van der Waals surface area (Å²) in [5.74, 6) is -2.93. The molecule has 2 heterocycles. The van der Waals surface area contributed by atoms with E-state index in [4.69, 9.17) is 14.6 Å². The minimum atomic E-state index is -5.08. The lowest BCUT2D eigenvalue weighted by Crippen LogP contribution is -2.32. The summed E-state index contributed by atoms with van der Waals surface area (Å²) >= 11 is 1.41. The Bertz CT molecular complexity index is 780. The Morgan fingerprint density at radius 1 is 1.42 bits per heavy atom. The number of esters is 1. The number of alkyl halides is 3. The van der Waals surface area contributed by atoms with E-state index in [1.54, 1.807) is 20.0 Å². The van der Waals surface area contributed by atoms with E-state index in [-0.39, 0.29) is 16.3 Å². The van der Waals surface area contributed by atoms with Gasteiger partial charge in [-0.2, -0.15) is 18.3 Å². The first kappa shape index (κ1) is 26.7. The number of aromatic nitrogens is 2. The number of carbonyl (C=O) groups is 3. The third kappa shape index (κ3) is 11.0. The number of nitrogens with one attached hydrogen (secondary N) is 1. The summed E-state index contributed by atoms with van der Waals surface area (Å²) in [7, 11) is 0. The van der Waals surface area contributed by atoms with Crippen LogP contribution in [-0.4, -0.2) is 63.1 Å². The fourth-order valence-corrected chi connectivity index (χ4v) is 3.60. The van der Waals surface area contributed by atoms with Gasteiger partial charge in [-0.1, -0.05) is 17.8 Å². The molecule has 1 fully saturated rings. The number of nitrogens with zero attached hydrogens (tertiary/aromatic N) is 2.